The molecule has 0 fully saturated rings. The fourth-order valence-electron chi connectivity index (χ4n) is 0.368. The SMILES string of the molecule is CSCC[C@H](N)C(=O)O.NC(=O)O. The molecule has 0 radical (unpaired) electrons. The first kappa shape index (κ1) is 14.6. The van der Waals surface area contributed by atoms with Gasteiger partial charge in [-0.05, 0) is 18.4 Å². The first-order valence-corrected chi connectivity index (χ1v) is 4.77. The molecule has 0 aliphatic heterocycles. The van der Waals surface area contributed by atoms with E-state index in [4.69, 9.17) is 20.7 Å². The Morgan fingerprint density at radius 3 is 2.08 bits per heavy atom. The molecule has 0 aromatic rings. The highest BCUT2D eigenvalue weighted by Gasteiger charge is 2.08. The van der Waals surface area contributed by atoms with Gasteiger partial charge in [-0.1, -0.05) is 0 Å². The third-order valence-corrected chi connectivity index (χ3v) is 1.59. The first-order chi connectivity index (χ1) is 5.91. The van der Waals surface area contributed by atoms with E-state index in [1.165, 1.54) is 0 Å². The molecule has 0 unspecified atom stereocenters. The first-order valence-electron chi connectivity index (χ1n) is 3.37. The van der Waals surface area contributed by atoms with Crippen molar-refractivity contribution in [2.45, 2.75) is 12.5 Å². The second kappa shape index (κ2) is 9.14. The van der Waals surface area contributed by atoms with Gasteiger partial charge in [0.1, 0.15) is 6.04 Å². The molecule has 0 heterocycles. The lowest BCUT2D eigenvalue weighted by Crippen LogP contribution is -2.30. The number of carbonyl (C=O) groups is 2. The monoisotopic (exact) mass is 210 g/mol. The van der Waals surface area contributed by atoms with E-state index in [1.807, 2.05) is 6.26 Å². The minimum absolute atomic E-state index is 0.552. The Kier molecular flexibility index (Phi) is 10.2. The van der Waals surface area contributed by atoms with Crippen molar-refractivity contribution in [2.24, 2.45) is 11.5 Å². The number of carboxylic acids is 1. The maximum atomic E-state index is 10.1. The van der Waals surface area contributed by atoms with Gasteiger partial charge < -0.3 is 21.7 Å². The summed E-state index contributed by atoms with van der Waals surface area (Å²) in [6.45, 7) is 0. The van der Waals surface area contributed by atoms with Gasteiger partial charge in [0.15, 0.2) is 0 Å². The zero-order valence-corrected chi connectivity index (χ0v) is 8.08. The fraction of sp³-hybridized carbons (Fsp3) is 0.667. The van der Waals surface area contributed by atoms with Crippen molar-refractivity contribution in [3.63, 3.8) is 0 Å². The molecule has 0 aromatic heterocycles. The number of hydrogen-bond acceptors (Lipinski definition) is 4. The van der Waals surface area contributed by atoms with Crippen LogP contribution in [0.1, 0.15) is 6.42 Å². The van der Waals surface area contributed by atoms with E-state index in [0.717, 1.165) is 5.75 Å². The number of carboxylic acid groups (broad SMARTS) is 2. The van der Waals surface area contributed by atoms with Crippen molar-refractivity contribution >= 4 is 23.8 Å². The molecule has 1 atom stereocenters. The lowest BCUT2D eigenvalue weighted by molar-refractivity contribution is -0.138. The van der Waals surface area contributed by atoms with Crippen LogP contribution in [0.3, 0.4) is 0 Å². The third kappa shape index (κ3) is 18.2. The number of thioether (sulfide) groups is 1. The summed E-state index contributed by atoms with van der Waals surface area (Å²) in [6, 6.07) is -0.683. The lowest BCUT2D eigenvalue weighted by Gasteiger charge is -2.02. The van der Waals surface area contributed by atoms with E-state index in [0.29, 0.717) is 6.42 Å². The van der Waals surface area contributed by atoms with E-state index in [2.05, 4.69) is 5.73 Å². The summed E-state index contributed by atoms with van der Waals surface area (Å²) in [5, 5.41) is 15.5. The highest BCUT2D eigenvalue weighted by atomic mass is 32.2. The Morgan fingerprint density at radius 2 is 1.85 bits per heavy atom. The molecule has 6 N–H and O–H groups in total. The van der Waals surface area contributed by atoms with Crippen LogP contribution in [0, 0.1) is 0 Å². The molecule has 0 bridgehead atoms. The standard InChI is InChI=1S/C5H11NO2S.CH3NO2/c1-9-3-2-4(6)5(7)8;2-1(3)4/h4H,2-3,6H2,1H3,(H,7,8);2H2,(H,3,4)/t4-;/m0./s1. The predicted molar refractivity (Wildman–Crippen MR) is 50.8 cm³/mol. The second-order valence-corrected chi connectivity index (χ2v) is 3.05. The van der Waals surface area contributed by atoms with Gasteiger partial charge in [0.25, 0.3) is 0 Å². The average Bonchev–Trinajstić information content (AvgIpc) is 1.98. The van der Waals surface area contributed by atoms with Crippen LogP contribution >= 0.6 is 11.8 Å². The highest BCUT2D eigenvalue weighted by molar-refractivity contribution is 7.98. The van der Waals surface area contributed by atoms with Crippen LogP contribution in [-0.4, -0.2) is 40.3 Å². The summed E-state index contributed by atoms with van der Waals surface area (Å²) < 4.78 is 0. The van der Waals surface area contributed by atoms with Crippen LogP contribution in [0.15, 0.2) is 0 Å². The number of rotatable bonds is 4. The molecule has 0 saturated carbocycles. The van der Waals surface area contributed by atoms with Gasteiger partial charge in [-0.2, -0.15) is 11.8 Å². The molecule has 78 valence electrons. The second-order valence-electron chi connectivity index (χ2n) is 2.06. The van der Waals surface area contributed by atoms with Crippen LogP contribution < -0.4 is 11.5 Å². The van der Waals surface area contributed by atoms with Gasteiger partial charge in [0.05, 0.1) is 0 Å². The molecule has 0 aliphatic rings. The minimum atomic E-state index is -1.33. The highest BCUT2D eigenvalue weighted by Crippen LogP contribution is 1.97. The summed E-state index contributed by atoms with van der Waals surface area (Å²) in [5.41, 5.74) is 9.22. The minimum Gasteiger partial charge on any atom is -0.480 e. The van der Waals surface area contributed by atoms with E-state index < -0.39 is 18.1 Å². The van der Waals surface area contributed by atoms with Gasteiger partial charge >= 0.3 is 12.1 Å². The molecule has 0 rings (SSSR count). The zero-order chi connectivity index (χ0) is 10.9. The largest absolute Gasteiger partial charge is 0.480 e. The van der Waals surface area contributed by atoms with E-state index in [9.17, 15) is 4.79 Å². The van der Waals surface area contributed by atoms with Crippen LogP contribution in [-0.2, 0) is 4.79 Å². The molecule has 0 spiro atoms. The van der Waals surface area contributed by atoms with Crippen LogP contribution in [0.25, 0.3) is 0 Å². The number of primary amides is 1. The van der Waals surface area contributed by atoms with Gasteiger partial charge in [-0.3, -0.25) is 4.79 Å². The Hall–Kier alpha value is -0.950. The molecular formula is C6H14N2O4S. The topological polar surface area (TPSA) is 127 Å². The van der Waals surface area contributed by atoms with Gasteiger partial charge in [0.2, 0.25) is 0 Å². The molecule has 7 heteroatoms. The Morgan fingerprint density at radius 1 is 1.46 bits per heavy atom. The maximum absolute atomic E-state index is 10.1. The molecule has 13 heavy (non-hydrogen) atoms. The normalized spacial score (nSPS) is 10.9. The van der Waals surface area contributed by atoms with E-state index in [-0.39, 0.29) is 0 Å². The molecule has 1 amide bonds. The summed E-state index contributed by atoms with van der Waals surface area (Å²) in [7, 11) is 0. The van der Waals surface area contributed by atoms with Gasteiger partial charge in [0, 0.05) is 0 Å². The molecule has 0 aliphatic carbocycles. The van der Waals surface area contributed by atoms with Gasteiger partial charge in [-0.15, -0.1) is 0 Å². The summed E-state index contributed by atoms with van der Waals surface area (Å²) >= 11 is 1.60. The smallest absolute Gasteiger partial charge is 0.402 e. The molecule has 0 aromatic carbocycles. The van der Waals surface area contributed by atoms with Crippen LogP contribution in [0.4, 0.5) is 4.79 Å². The molecule has 6 nitrogen and oxygen atoms in total. The Balaban J connectivity index is 0. The number of hydrogen-bond donors (Lipinski definition) is 4. The van der Waals surface area contributed by atoms with Crippen molar-refractivity contribution in [1.82, 2.24) is 0 Å². The number of nitrogens with two attached hydrogens (primary N) is 2. The fourth-order valence-corrected chi connectivity index (χ4v) is 0.858. The lowest BCUT2D eigenvalue weighted by atomic mass is 10.2. The zero-order valence-electron chi connectivity index (χ0n) is 7.27. The Bertz CT molecular complexity index is 161. The summed E-state index contributed by atoms with van der Waals surface area (Å²) in [5.74, 6) is -0.1000. The average molecular weight is 210 g/mol. The van der Waals surface area contributed by atoms with Crippen molar-refractivity contribution in [3.05, 3.63) is 0 Å². The molecule has 0 saturated heterocycles. The van der Waals surface area contributed by atoms with Crippen LogP contribution in [0.2, 0.25) is 0 Å². The number of aliphatic carboxylic acids is 1. The Labute approximate surface area is 80.3 Å². The summed E-state index contributed by atoms with van der Waals surface area (Å²) in [6.07, 6.45) is 1.14. The van der Waals surface area contributed by atoms with Crippen molar-refractivity contribution in [1.29, 1.82) is 0 Å². The van der Waals surface area contributed by atoms with E-state index >= 15 is 0 Å². The molecular weight excluding hydrogens is 196 g/mol. The van der Waals surface area contributed by atoms with Gasteiger partial charge in [-0.25, -0.2) is 4.79 Å². The summed E-state index contributed by atoms with van der Waals surface area (Å²) in [4.78, 5) is 18.8. The quantitative estimate of drug-likeness (QED) is 0.508. The predicted octanol–water partition coefficient (Wildman–Crippen LogP) is -0.225. The maximum Gasteiger partial charge on any atom is 0.402 e. The van der Waals surface area contributed by atoms with Crippen molar-refractivity contribution in [3.8, 4) is 0 Å². The van der Waals surface area contributed by atoms with Crippen molar-refractivity contribution in [2.75, 3.05) is 12.0 Å². The third-order valence-electron chi connectivity index (χ3n) is 0.950. The van der Waals surface area contributed by atoms with Crippen LogP contribution in [0.5, 0.6) is 0 Å². The van der Waals surface area contributed by atoms with E-state index in [1.54, 1.807) is 11.8 Å². The number of amides is 1. The van der Waals surface area contributed by atoms with Crippen molar-refractivity contribution < 1.29 is 19.8 Å².